The Hall–Kier alpha value is 0.0791. The molecule has 0 atom stereocenters. The minimum atomic E-state index is 0. The van der Waals surface area contributed by atoms with Crippen LogP contribution in [0.3, 0.4) is 0 Å². The van der Waals surface area contributed by atoms with Gasteiger partial charge in [0.2, 0.25) is 0 Å². The van der Waals surface area contributed by atoms with Gasteiger partial charge in [0.05, 0.1) is 0 Å². The van der Waals surface area contributed by atoms with Gasteiger partial charge in [-0.15, -0.1) is 12.4 Å². The summed E-state index contributed by atoms with van der Waals surface area (Å²) in [6, 6.07) is 0. The molecule has 0 aromatic rings. The van der Waals surface area contributed by atoms with Gasteiger partial charge in [0, 0.05) is 6.15 Å². The third-order valence-electron chi connectivity index (χ3n) is 0. The van der Waals surface area contributed by atoms with Gasteiger partial charge in [-0.1, -0.05) is 7.43 Å². The van der Waals surface area contributed by atoms with Gasteiger partial charge in [0.15, 0.2) is 0 Å². The Morgan fingerprint density at radius 2 is 0.667 bits per heavy atom. The maximum Gasteiger partial charge on any atom is 0 e. The van der Waals surface area contributed by atoms with Gasteiger partial charge < -0.3 is 16.4 Å². The number of rotatable bonds is 0. The monoisotopic (exact) mass is 110 g/mol. The van der Waals surface area contributed by atoms with Gasteiger partial charge in [-0.25, -0.2) is 0 Å². The predicted octanol–water partition coefficient (Wildman–Crippen LogP) is -1.42. The largest absolute Gasteiger partial charge is 0.412 e. The van der Waals surface area contributed by atoms with E-state index in [1.165, 1.54) is 0 Å². The van der Waals surface area contributed by atoms with Crippen molar-refractivity contribution < 1.29 is 22.6 Å². The first-order chi connectivity index (χ1) is 0. The summed E-state index contributed by atoms with van der Waals surface area (Å²) < 4.78 is 0. The van der Waals surface area contributed by atoms with Crippen LogP contribution in [0.1, 0.15) is 7.43 Å². The zero-order chi connectivity index (χ0) is 0. The minimum Gasteiger partial charge on any atom is -0.412 e. The van der Waals surface area contributed by atoms with E-state index < -0.39 is 0 Å². The summed E-state index contributed by atoms with van der Waals surface area (Å²) in [5.74, 6) is 0. The van der Waals surface area contributed by atoms with E-state index in [4.69, 9.17) is 0 Å². The standard InChI is InChI=1S/CH4.ClH.He.3H2O/h1H4;1H;;3*1H2. The molecule has 0 spiro atoms. The van der Waals surface area contributed by atoms with Gasteiger partial charge in [-0.05, 0) is 0 Å². The Morgan fingerprint density at radius 3 is 0.667 bits per heavy atom. The number of hydrogen-bond donors (Lipinski definition) is 0. The van der Waals surface area contributed by atoms with Crippen molar-refractivity contribution in [3.63, 3.8) is 0 Å². The summed E-state index contributed by atoms with van der Waals surface area (Å²) in [6.07, 6.45) is 0. The maximum absolute atomic E-state index is 0. The van der Waals surface area contributed by atoms with Gasteiger partial charge in [0.25, 0.3) is 0 Å². The van der Waals surface area contributed by atoms with Crippen LogP contribution in [0.15, 0.2) is 0 Å². The van der Waals surface area contributed by atoms with Gasteiger partial charge >= 0.3 is 0 Å². The molecule has 0 aromatic carbocycles. The van der Waals surface area contributed by atoms with Crippen molar-refractivity contribution in [3.8, 4) is 0 Å². The molecule has 0 heterocycles. The van der Waals surface area contributed by atoms with E-state index in [0.29, 0.717) is 0 Å². The molecule has 42 valence electrons. The van der Waals surface area contributed by atoms with E-state index in [0.717, 1.165) is 0 Å². The van der Waals surface area contributed by atoms with Gasteiger partial charge in [-0.3, -0.25) is 0 Å². The Labute approximate surface area is 43.5 Å². The van der Waals surface area contributed by atoms with E-state index in [-0.39, 0.29) is 42.4 Å². The van der Waals surface area contributed by atoms with Crippen LogP contribution >= 0.6 is 12.4 Å². The quantitative estimate of drug-likeness (QED) is 0.366. The van der Waals surface area contributed by atoms with Crippen LogP contribution < -0.4 is 0 Å². The van der Waals surface area contributed by atoms with E-state index in [1.54, 1.807) is 0 Å². The van der Waals surface area contributed by atoms with Crippen LogP contribution in [-0.2, 0) is 0 Å². The Balaban J connectivity index is 0. The molecule has 0 saturated heterocycles. The van der Waals surface area contributed by atoms with E-state index in [9.17, 15) is 0 Å². The second-order valence-electron chi connectivity index (χ2n) is 0. The molecule has 0 unspecified atom stereocenters. The summed E-state index contributed by atoms with van der Waals surface area (Å²) in [6.45, 7) is 0. The van der Waals surface area contributed by atoms with E-state index >= 15 is 0 Å². The van der Waals surface area contributed by atoms with Gasteiger partial charge in [-0.2, -0.15) is 0 Å². The van der Waals surface area contributed by atoms with E-state index in [2.05, 4.69) is 0 Å². The SMILES string of the molecule is C.Cl.O.O.O.[He]. The molecule has 0 rings (SSSR count). The van der Waals surface area contributed by atoms with Gasteiger partial charge in [0.1, 0.15) is 0 Å². The summed E-state index contributed by atoms with van der Waals surface area (Å²) in [4.78, 5) is 0. The van der Waals surface area contributed by atoms with Crippen molar-refractivity contribution in [3.05, 3.63) is 0 Å². The van der Waals surface area contributed by atoms with Crippen LogP contribution in [0.2, 0.25) is 0 Å². The van der Waals surface area contributed by atoms with Crippen molar-refractivity contribution >= 4 is 12.4 Å². The molecule has 0 fully saturated rings. The molecule has 0 bridgehead atoms. The molecule has 0 radical (unpaired) electrons. The third kappa shape index (κ3) is 6180. The van der Waals surface area contributed by atoms with Crippen molar-refractivity contribution in [1.29, 1.82) is 0 Å². The normalized spacial score (nSPS) is 0. The molecule has 6 heavy (non-hydrogen) atoms. The molecule has 0 aromatic heterocycles. The van der Waals surface area contributed by atoms with Crippen LogP contribution in [0, 0.1) is 6.15 Å². The molecule has 0 saturated carbocycles. The predicted molar refractivity (Wildman–Crippen MR) is 24.8 cm³/mol. The molecule has 3 nitrogen and oxygen atoms in total. The molecular weight excluding hydrogens is 99.5 g/mol. The van der Waals surface area contributed by atoms with Crippen LogP contribution in [-0.4, -0.2) is 16.4 Å². The summed E-state index contributed by atoms with van der Waals surface area (Å²) in [5.41, 5.74) is 0. The fourth-order valence-corrected chi connectivity index (χ4v) is 0. The number of hydrogen-bond acceptors (Lipinski definition) is 0. The van der Waals surface area contributed by atoms with Crippen molar-refractivity contribution in [2.75, 3.05) is 0 Å². The average molecular weight is 111 g/mol. The summed E-state index contributed by atoms with van der Waals surface area (Å²) in [7, 11) is 0. The Bertz CT molecular complexity index is 10.8. The molecule has 0 aliphatic carbocycles. The average Bonchev–Trinajstić information content (AvgIpc) is 0. The first-order valence-corrected chi connectivity index (χ1v) is 0. The fraction of sp³-hybridized carbons (Fsp3) is 1.00. The van der Waals surface area contributed by atoms with Crippen molar-refractivity contribution in [1.82, 2.24) is 0 Å². The zero-order valence-corrected chi connectivity index (χ0v) is 3.43. The Morgan fingerprint density at radius 1 is 0.667 bits per heavy atom. The van der Waals surface area contributed by atoms with Crippen LogP contribution in [0.4, 0.5) is 0 Å². The van der Waals surface area contributed by atoms with Crippen molar-refractivity contribution in [2.24, 2.45) is 0 Å². The summed E-state index contributed by atoms with van der Waals surface area (Å²) in [5, 5.41) is 0. The molecule has 5 heteroatoms. The molecule has 0 amide bonds. The second-order valence-corrected chi connectivity index (χ2v) is 0. The maximum atomic E-state index is 0. The molecule has 6 N–H and O–H groups in total. The van der Waals surface area contributed by atoms with E-state index in [1.807, 2.05) is 0 Å². The van der Waals surface area contributed by atoms with Crippen LogP contribution in [0.25, 0.3) is 0 Å². The zero-order valence-electron chi connectivity index (χ0n) is 2.62. The number of halogens is 1. The smallest absolute Gasteiger partial charge is 0 e. The molecular formula is CH11ClHeO3. The fourth-order valence-electron chi connectivity index (χ4n) is 0. The molecule has 0 aliphatic heterocycles. The topological polar surface area (TPSA) is 94.5 Å². The summed E-state index contributed by atoms with van der Waals surface area (Å²) >= 11 is 0. The minimum absolute atomic E-state index is 0. The van der Waals surface area contributed by atoms with Crippen LogP contribution in [0.5, 0.6) is 0 Å². The molecule has 0 aliphatic rings. The third-order valence-corrected chi connectivity index (χ3v) is 0. The Kier molecular flexibility index (Phi) is 56500000. The first-order valence-electron chi connectivity index (χ1n) is 0. The van der Waals surface area contributed by atoms with Crippen molar-refractivity contribution in [2.45, 2.75) is 7.43 Å². The second kappa shape index (κ2) is 13500. The first kappa shape index (κ1) is 25100.